The summed E-state index contributed by atoms with van der Waals surface area (Å²) >= 11 is 0. The number of carbonyl (C=O) groups is 2. The van der Waals surface area contributed by atoms with E-state index in [1.54, 1.807) is 19.1 Å². The minimum atomic E-state index is -4.65. The second kappa shape index (κ2) is 13.5. The van der Waals surface area contributed by atoms with Gasteiger partial charge in [0.1, 0.15) is 0 Å². The molecule has 8 heteroatoms. The fraction of sp³-hybridized carbons (Fsp3) is 0.417. The molecule has 0 aromatic heterocycles. The van der Waals surface area contributed by atoms with Crippen LogP contribution in [0.2, 0.25) is 0 Å². The largest absolute Gasteiger partial charge is 0.449 e. The predicted molar refractivity (Wildman–Crippen MR) is 118 cm³/mol. The van der Waals surface area contributed by atoms with E-state index in [-0.39, 0.29) is 13.1 Å². The summed E-state index contributed by atoms with van der Waals surface area (Å²) in [7, 11) is 0. The zero-order valence-electron chi connectivity index (χ0n) is 19.0. The lowest BCUT2D eigenvalue weighted by atomic mass is 10.1. The Kier molecular flexibility index (Phi) is 11.5. The third-order valence-corrected chi connectivity index (χ3v) is 4.66. The van der Waals surface area contributed by atoms with Crippen molar-refractivity contribution in [2.24, 2.45) is 0 Å². The maximum absolute atomic E-state index is 12.0. The molecule has 32 heavy (non-hydrogen) atoms. The smallest absolute Gasteiger partial charge is 0.422 e. The highest BCUT2D eigenvalue weighted by molar-refractivity contribution is 6.32. The van der Waals surface area contributed by atoms with Gasteiger partial charge in [0, 0.05) is 19.6 Å². The van der Waals surface area contributed by atoms with Gasteiger partial charge in [-0.15, -0.1) is 0 Å². The molecule has 0 heterocycles. The van der Waals surface area contributed by atoms with E-state index in [9.17, 15) is 22.8 Å². The zero-order valence-corrected chi connectivity index (χ0v) is 19.0. The fourth-order valence-electron chi connectivity index (χ4n) is 2.73. The van der Waals surface area contributed by atoms with E-state index in [1.807, 2.05) is 19.1 Å². The summed E-state index contributed by atoms with van der Waals surface area (Å²) in [5.74, 6) is -2.58. The lowest BCUT2D eigenvalue weighted by Crippen LogP contribution is -2.38. The molecule has 5 nitrogen and oxygen atoms in total. The molecule has 0 aliphatic rings. The van der Waals surface area contributed by atoms with Gasteiger partial charge in [-0.2, -0.15) is 13.2 Å². The summed E-state index contributed by atoms with van der Waals surface area (Å²) < 4.78 is 39.8. The Morgan fingerprint density at radius 2 is 1.47 bits per heavy atom. The Morgan fingerprint density at radius 1 is 0.938 bits per heavy atom. The highest BCUT2D eigenvalue weighted by Gasteiger charge is 2.32. The topological polar surface area (TPSA) is 58.6 Å². The molecule has 1 N–H and O–H groups in total. The van der Waals surface area contributed by atoms with Gasteiger partial charge < -0.3 is 15.0 Å². The molecule has 2 aromatic carbocycles. The molecule has 0 saturated carbocycles. The molecule has 2 aromatic rings. The summed E-state index contributed by atoms with van der Waals surface area (Å²) in [6.07, 6.45) is -4.65. The number of nitrogens with zero attached hydrogens (tertiary/aromatic N) is 1. The van der Waals surface area contributed by atoms with Crippen molar-refractivity contribution >= 4 is 11.9 Å². The normalized spacial score (nSPS) is 10.7. The Balaban J connectivity index is 0.000000389. The SMILES string of the molecule is CCN(Cc1ccccc1C)C(=O)C(=O)OCC(F)(F)F.CCNCc1ccccc1C. The van der Waals surface area contributed by atoms with Gasteiger partial charge in [0.15, 0.2) is 6.61 Å². The van der Waals surface area contributed by atoms with Gasteiger partial charge in [0.2, 0.25) is 0 Å². The van der Waals surface area contributed by atoms with E-state index in [1.165, 1.54) is 11.1 Å². The summed E-state index contributed by atoms with van der Waals surface area (Å²) in [5, 5.41) is 3.31. The molecule has 0 aliphatic carbocycles. The number of hydrogen-bond acceptors (Lipinski definition) is 4. The van der Waals surface area contributed by atoms with Crippen LogP contribution in [0.3, 0.4) is 0 Å². The van der Waals surface area contributed by atoms with Gasteiger partial charge in [-0.05, 0) is 49.6 Å². The van der Waals surface area contributed by atoms with Crippen LogP contribution in [0.25, 0.3) is 0 Å². The van der Waals surface area contributed by atoms with Gasteiger partial charge in [0.25, 0.3) is 0 Å². The average molecular weight is 453 g/mol. The third kappa shape index (κ3) is 9.96. The maximum atomic E-state index is 12.0. The highest BCUT2D eigenvalue weighted by Crippen LogP contribution is 2.15. The number of ether oxygens (including phenoxy) is 1. The quantitative estimate of drug-likeness (QED) is 0.495. The number of nitrogens with one attached hydrogen (secondary N) is 1. The first-order chi connectivity index (χ1) is 15.1. The number of esters is 1. The number of likely N-dealkylation sites (N-methyl/N-ethyl adjacent to an activating group) is 1. The number of halogens is 3. The van der Waals surface area contributed by atoms with Crippen molar-refractivity contribution in [1.82, 2.24) is 10.2 Å². The first kappa shape index (κ1) is 27.2. The molecule has 0 saturated heterocycles. The zero-order chi connectivity index (χ0) is 24.1. The summed E-state index contributed by atoms with van der Waals surface area (Å²) in [5.41, 5.74) is 4.51. The van der Waals surface area contributed by atoms with Gasteiger partial charge in [-0.3, -0.25) is 4.79 Å². The van der Waals surface area contributed by atoms with Crippen molar-refractivity contribution in [3.8, 4) is 0 Å². The second-order valence-corrected chi connectivity index (χ2v) is 7.14. The van der Waals surface area contributed by atoms with Crippen LogP contribution in [-0.2, 0) is 27.4 Å². The number of alkyl halides is 3. The van der Waals surface area contributed by atoms with E-state index in [4.69, 9.17) is 0 Å². The third-order valence-electron chi connectivity index (χ3n) is 4.66. The maximum Gasteiger partial charge on any atom is 0.422 e. The average Bonchev–Trinajstić information content (AvgIpc) is 2.76. The van der Waals surface area contributed by atoms with Crippen molar-refractivity contribution in [2.75, 3.05) is 19.7 Å². The highest BCUT2D eigenvalue weighted by atomic mass is 19.4. The standard InChI is InChI=1S/C14H16F3NO3.C10H15N/c1-3-18(8-11-7-5-4-6-10(11)2)12(19)13(20)21-9-14(15,16)17;1-3-11-8-10-7-5-4-6-9(10)2/h4-7H,3,8-9H2,1-2H3;4-7,11H,3,8H2,1-2H3. The molecule has 0 fully saturated rings. The van der Waals surface area contributed by atoms with E-state index in [0.717, 1.165) is 29.1 Å². The molecule has 1 amide bonds. The number of benzene rings is 2. The van der Waals surface area contributed by atoms with Crippen LogP contribution in [0.15, 0.2) is 48.5 Å². The second-order valence-electron chi connectivity index (χ2n) is 7.14. The van der Waals surface area contributed by atoms with Crippen LogP contribution in [0, 0.1) is 13.8 Å². The molecular formula is C24H31F3N2O3. The van der Waals surface area contributed by atoms with Gasteiger partial charge in [-0.25, -0.2) is 4.79 Å². The Hall–Kier alpha value is -2.87. The van der Waals surface area contributed by atoms with Crippen molar-refractivity contribution in [3.63, 3.8) is 0 Å². The number of aryl methyl sites for hydroxylation is 2. The van der Waals surface area contributed by atoms with Crippen LogP contribution >= 0.6 is 0 Å². The monoisotopic (exact) mass is 452 g/mol. The molecule has 2 rings (SSSR count). The molecule has 0 radical (unpaired) electrons. The van der Waals surface area contributed by atoms with Crippen LogP contribution in [0.1, 0.15) is 36.1 Å². The first-order valence-electron chi connectivity index (χ1n) is 10.4. The van der Waals surface area contributed by atoms with E-state index in [0.29, 0.717) is 0 Å². The fourth-order valence-corrected chi connectivity index (χ4v) is 2.73. The van der Waals surface area contributed by atoms with Crippen molar-refractivity contribution in [2.45, 2.75) is 47.0 Å². The van der Waals surface area contributed by atoms with Gasteiger partial charge in [-0.1, -0.05) is 55.5 Å². The van der Waals surface area contributed by atoms with Crippen LogP contribution in [-0.4, -0.2) is 42.6 Å². The van der Waals surface area contributed by atoms with Crippen molar-refractivity contribution < 1.29 is 27.5 Å². The molecule has 0 atom stereocenters. The Morgan fingerprint density at radius 3 is 1.94 bits per heavy atom. The number of amides is 1. The van der Waals surface area contributed by atoms with Crippen molar-refractivity contribution in [1.29, 1.82) is 0 Å². The molecule has 0 aliphatic heterocycles. The molecule has 0 bridgehead atoms. The van der Waals surface area contributed by atoms with E-state index >= 15 is 0 Å². The molecule has 0 spiro atoms. The Bertz CT molecular complexity index is 870. The lowest BCUT2D eigenvalue weighted by Gasteiger charge is -2.21. The van der Waals surface area contributed by atoms with Crippen LogP contribution in [0.5, 0.6) is 0 Å². The molecule has 176 valence electrons. The van der Waals surface area contributed by atoms with E-state index in [2.05, 4.69) is 48.2 Å². The number of hydrogen-bond donors (Lipinski definition) is 1. The summed E-state index contributed by atoms with van der Waals surface area (Å²) in [6.45, 7) is 8.34. The molecule has 0 unspecified atom stereocenters. The summed E-state index contributed by atoms with van der Waals surface area (Å²) in [4.78, 5) is 24.3. The van der Waals surface area contributed by atoms with Crippen LogP contribution < -0.4 is 5.32 Å². The predicted octanol–water partition coefficient (Wildman–Crippen LogP) is 4.55. The van der Waals surface area contributed by atoms with Gasteiger partial charge in [0.05, 0.1) is 0 Å². The molecular weight excluding hydrogens is 421 g/mol. The van der Waals surface area contributed by atoms with Crippen LogP contribution in [0.4, 0.5) is 13.2 Å². The first-order valence-corrected chi connectivity index (χ1v) is 10.4. The van der Waals surface area contributed by atoms with Gasteiger partial charge >= 0.3 is 18.1 Å². The number of carbonyl (C=O) groups excluding carboxylic acids is 2. The summed E-state index contributed by atoms with van der Waals surface area (Å²) in [6, 6.07) is 15.7. The lowest BCUT2D eigenvalue weighted by molar-refractivity contribution is -0.189. The van der Waals surface area contributed by atoms with E-state index < -0.39 is 24.7 Å². The minimum absolute atomic E-state index is 0.142. The number of rotatable bonds is 7. The minimum Gasteiger partial charge on any atom is -0.449 e. The van der Waals surface area contributed by atoms with Crippen molar-refractivity contribution in [3.05, 3.63) is 70.8 Å². The Labute approximate surface area is 187 Å².